The molecule has 0 radical (unpaired) electrons. The molecule has 2 aromatic carbocycles. The van der Waals surface area contributed by atoms with Gasteiger partial charge in [-0.2, -0.15) is 0 Å². The topological polar surface area (TPSA) is 80.0 Å². The summed E-state index contributed by atoms with van der Waals surface area (Å²) in [5.74, 6) is 0.0239. The first-order valence-electron chi connectivity index (χ1n) is 8.61. The lowest BCUT2D eigenvalue weighted by Gasteiger charge is -2.16. The van der Waals surface area contributed by atoms with Crippen molar-refractivity contribution in [2.75, 3.05) is 16.4 Å². The summed E-state index contributed by atoms with van der Waals surface area (Å²) in [5.41, 5.74) is 12.1. The zero-order valence-electron chi connectivity index (χ0n) is 15.4. The van der Waals surface area contributed by atoms with E-state index in [1.165, 1.54) is 6.92 Å². The van der Waals surface area contributed by atoms with Crippen LogP contribution in [0, 0.1) is 6.92 Å². The number of rotatable bonds is 6. The van der Waals surface area contributed by atoms with Crippen molar-refractivity contribution in [3.8, 4) is 0 Å². The second kappa shape index (κ2) is 7.74. The molecule has 0 bridgehead atoms. The number of hydrogen-bond donors (Lipinski definition) is 3. The maximum atomic E-state index is 11.1. The molecule has 0 atom stereocenters. The van der Waals surface area contributed by atoms with Crippen LogP contribution in [0.4, 0.5) is 22.7 Å². The number of carbonyl (C=O) groups excluding carboxylic acids is 1. The van der Waals surface area contributed by atoms with E-state index in [4.69, 9.17) is 5.73 Å². The summed E-state index contributed by atoms with van der Waals surface area (Å²) in [6, 6.07) is 13.6. The van der Waals surface area contributed by atoms with Crippen LogP contribution in [0.5, 0.6) is 0 Å². The van der Waals surface area contributed by atoms with Crippen LogP contribution >= 0.6 is 0 Å². The lowest BCUT2D eigenvalue weighted by atomic mass is 10.1. The van der Waals surface area contributed by atoms with E-state index in [1.54, 1.807) is 18.4 Å². The quantitative estimate of drug-likeness (QED) is 0.425. The van der Waals surface area contributed by atoms with Crippen LogP contribution in [0.2, 0.25) is 0 Å². The molecule has 1 aromatic heterocycles. The molecule has 0 amide bonds. The monoisotopic (exact) mass is 358 g/mol. The molecule has 0 aliphatic rings. The molecule has 0 fully saturated rings. The summed E-state index contributed by atoms with van der Waals surface area (Å²) < 4.78 is 0. The van der Waals surface area contributed by atoms with Gasteiger partial charge in [-0.3, -0.25) is 9.78 Å². The highest BCUT2D eigenvalue weighted by Gasteiger charge is 2.12. The Labute approximate surface area is 158 Å². The van der Waals surface area contributed by atoms with Crippen LogP contribution in [-0.2, 0) is 4.79 Å². The van der Waals surface area contributed by atoms with Crippen LogP contribution < -0.4 is 16.4 Å². The first-order chi connectivity index (χ1) is 13.0. The molecule has 0 saturated carbocycles. The van der Waals surface area contributed by atoms with Crippen LogP contribution in [0.25, 0.3) is 17.0 Å². The van der Waals surface area contributed by atoms with E-state index in [0.717, 1.165) is 39.2 Å². The minimum Gasteiger partial charge on any atom is -0.397 e. The highest BCUT2D eigenvalue weighted by atomic mass is 16.1. The van der Waals surface area contributed by atoms with Crippen molar-refractivity contribution in [2.45, 2.75) is 13.8 Å². The Bertz CT molecular complexity index is 1040. The van der Waals surface area contributed by atoms with Crippen molar-refractivity contribution in [3.63, 3.8) is 0 Å². The fourth-order valence-corrected chi connectivity index (χ4v) is 2.88. The summed E-state index contributed by atoms with van der Waals surface area (Å²) >= 11 is 0. The molecule has 0 aliphatic carbocycles. The van der Waals surface area contributed by atoms with E-state index in [-0.39, 0.29) is 5.78 Å². The van der Waals surface area contributed by atoms with Crippen LogP contribution in [0.3, 0.4) is 0 Å². The van der Waals surface area contributed by atoms with E-state index in [1.807, 2.05) is 49.4 Å². The van der Waals surface area contributed by atoms with Gasteiger partial charge in [-0.25, -0.2) is 0 Å². The van der Waals surface area contributed by atoms with Crippen molar-refractivity contribution in [1.82, 2.24) is 4.98 Å². The lowest BCUT2D eigenvalue weighted by molar-refractivity contribution is -0.112. The second-order valence-corrected chi connectivity index (χ2v) is 6.27. The van der Waals surface area contributed by atoms with Gasteiger partial charge in [-0.1, -0.05) is 24.8 Å². The number of fused-ring (bicyclic) bond motifs is 1. The summed E-state index contributed by atoms with van der Waals surface area (Å²) in [7, 11) is 0. The Kier molecular flexibility index (Phi) is 5.22. The molecule has 0 aliphatic heterocycles. The fourth-order valence-electron chi connectivity index (χ4n) is 2.88. The number of benzene rings is 2. The molecule has 5 heteroatoms. The van der Waals surface area contributed by atoms with E-state index in [2.05, 4.69) is 22.2 Å². The first-order valence-corrected chi connectivity index (χ1v) is 8.61. The Morgan fingerprint density at radius 2 is 1.93 bits per heavy atom. The predicted molar refractivity (Wildman–Crippen MR) is 114 cm³/mol. The molecule has 0 unspecified atom stereocenters. The van der Waals surface area contributed by atoms with E-state index < -0.39 is 0 Å². The third-order valence-electron chi connectivity index (χ3n) is 4.08. The average Bonchev–Trinajstić information content (AvgIpc) is 2.63. The summed E-state index contributed by atoms with van der Waals surface area (Å²) in [6.45, 7) is 7.22. The molecule has 27 heavy (non-hydrogen) atoms. The van der Waals surface area contributed by atoms with Gasteiger partial charge >= 0.3 is 0 Å². The number of allylic oxidation sites excluding steroid dienone is 1. The molecular weight excluding hydrogens is 336 g/mol. The van der Waals surface area contributed by atoms with Crippen molar-refractivity contribution >= 4 is 45.5 Å². The molecule has 1 heterocycles. The molecule has 0 spiro atoms. The third-order valence-corrected chi connectivity index (χ3v) is 4.08. The van der Waals surface area contributed by atoms with Gasteiger partial charge in [-0.15, -0.1) is 0 Å². The molecule has 3 rings (SSSR count). The molecule has 0 saturated heterocycles. The highest BCUT2D eigenvalue weighted by molar-refractivity contribution is 6.06. The smallest absolute Gasteiger partial charge is 0.152 e. The average molecular weight is 358 g/mol. The summed E-state index contributed by atoms with van der Waals surface area (Å²) in [5, 5.41) is 7.47. The van der Waals surface area contributed by atoms with Gasteiger partial charge in [0.15, 0.2) is 5.78 Å². The number of aryl methyl sites for hydroxylation is 1. The van der Waals surface area contributed by atoms with Gasteiger partial charge in [0.1, 0.15) is 0 Å². The van der Waals surface area contributed by atoms with Gasteiger partial charge in [0.25, 0.3) is 0 Å². The number of pyridine rings is 1. The molecule has 5 nitrogen and oxygen atoms in total. The van der Waals surface area contributed by atoms with E-state index >= 15 is 0 Å². The van der Waals surface area contributed by atoms with Gasteiger partial charge in [0, 0.05) is 16.8 Å². The van der Waals surface area contributed by atoms with Gasteiger partial charge < -0.3 is 16.4 Å². The van der Waals surface area contributed by atoms with Crippen LogP contribution in [0.15, 0.2) is 61.3 Å². The van der Waals surface area contributed by atoms with Crippen molar-refractivity contribution < 1.29 is 4.79 Å². The number of nitrogens with two attached hydrogens (primary N) is 1. The summed E-state index contributed by atoms with van der Waals surface area (Å²) in [6.07, 6.45) is 4.95. The standard InChI is InChI=1S/C22H22N4O/c1-4-24-22-18(23)11-12-19-21(22)20(13-14(2)25-19)26-17-9-7-16(8-10-17)6-5-15(3)27/h4-13,24H,1,23H2,2-3H3,(H,25,26)/b6-5-. The predicted octanol–water partition coefficient (Wildman–Crippen LogP) is 5.03. The third kappa shape index (κ3) is 4.15. The normalized spacial score (nSPS) is 10.9. The number of ketones is 1. The Hall–Kier alpha value is -3.60. The van der Waals surface area contributed by atoms with Crippen LogP contribution in [-0.4, -0.2) is 10.8 Å². The Balaban J connectivity index is 2.02. The highest BCUT2D eigenvalue weighted by Crippen LogP contribution is 2.36. The minimum atomic E-state index is 0.0239. The van der Waals surface area contributed by atoms with E-state index in [9.17, 15) is 4.79 Å². The van der Waals surface area contributed by atoms with Gasteiger partial charge in [0.2, 0.25) is 0 Å². The number of hydrogen-bond acceptors (Lipinski definition) is 5. The first kappa shape index (κ1) is 18.2. The van der Waals surface area contributed by atoms with Gasteiger partial charge in [0.05, 0.1) is 22.6 Å². The SMILES string of the molecule is C=CNc1c(N)ccc2nc(C)cc(Nc3ccc(/C=C\C(C)=O)cc3)c12. The number of aromatic nitrogens is 1. The van der Waals surface area contributed by atoms with Crippen molar-refractivity contribution in [3.05, 3.63) is 72.6 Å². The summed E-state index contributed by atoms with van der Waals surface area (Å²) in [4.78, 5) is 15.7. The maximum Gasteiger partial charge on any atom is 0.152 e. The molecular formula is C22H22N4O. The number of nitrogens with zero attached hydrogens (tertiary/aromatic N) is 1. The number of anilines is 4. The molecule has 4 N–H and O–H groups in total. The Morgan fingerprint density at radius 3 is 2.59 bits per heavy atom. The van der Waals surface area contributed by atoms with Crippen molar-refractivity contribution in [2.24, 2.45) is 0 Å². The van der Waals surface area contributed by atoms with Gasteiger partial charge in [-0.05, 0) is 62.0 Å². The molecule has 136 valence electrons. The minimum absolute atomic E-state index is 0.0239. The maximum absolute atomic E-state index is 11.1. The number of nitrogens with one attached hydrogen (secondary N) is 2. The lowest BCUT2D eigenvalue weighted by Crippen LogP contribution is -2.01. The zero-order chi connectivity index (χ0) is 19.4. The number of carbonyl (C=O) groups is 1. The van der Waals surface area contributed by atoms with Crippen molar-refractivity contribution in [1.29, 1.82) is 0 Å². The largest absolute Gasteiger partial charge is 0.397 e. The molecule has 3 aromatic rings. The number of nitrogen functional groups attached to an aromatic ring is 1. The second-order valence-electron chi connectivity index (χ2n) is 6.27. The fraction of sp³-hybridized carbons (Fsp3) is 0.0909. The van der Waals surface area contributed by atoms with Crippen LogP contribution in [0.1, 0.15) is 18.2 Å². The zero-order valence-corrected chi connectivity index (χ0v) is 15.4. The van der Waals surface area contributed by atoms with E-state index in [0.29, 0.717) is 5.69 Å². The Morgan fingerprint density at radius 1 is 1.19 bits per heavy atom.